The van der Waals surface area contributed by atoms with Crippen LogP contribution in [0.25, 0.3) is 0 Å². The molecular weight excluding hydrogens is 587 g/mol. The third kappa shape index (κ3) is 15.4. The normalized spacial score (nSPS) is 21.1. The number of hydrogen-bond donors (Lipinski definition) is 6. The second-order valence-electron chi connectivity index (χ2n) is 8.94. The minimum Gasteiger partial charge on any atom is -0.475 e. The first-order valence-corrected chi connectivity index (χ1v) is 16.7. The molecule has 0 aromatic carbocycles. The van der Waals surface area contributed by atoms with Crippen LogP contribution in [0.3, 0.4) is 0 Å². The quantitative estimate of drug-likeness (QED) is 0.0861. The number of carbonyl (C=O) groups excluding carboxylic acids is 3. The zero-order valence-corrected chi connectivity index (χ0v) is 23.9. The van der Waals surface area contributed by atoms with Gasteiger partial charge in [-0.25, -0.2) is 18.0 Å². The average Bonchev–Trinajstić information content (AvgIpc) is 3.37. The van der Waals surface area contributed by atoms with Crippen molar-refractivity contribution in [3.8, 4) is 0 Å². The Kier molecular flexibility index (Phi) is 15.3. The van der Waals surface area contributed by atoms with Crippen molar-refractivity contribution in [1.29, 1.82) is 0 Å². The highest BCUT2D eigenvalue weighted by Gasteiger charge is 2.42. The first kappa shape index (κ1) is 35.1. The summed E-state index contributed by atoms with van der Waals surface area (Å²) in [6.45, 7) is 0.810. The van der Waals surface area contributed by atoms with Crippen LogP contribution in [0.1, 0.15) is 44.9 Å². The summed E-state index contributed by atoms with van der Waals surface area (Å²) in [4.78, 5) is 44.1. The van der Waals surface area contributed by atoms with E-state index in [9.17, 15) is 36.0 Å². The number of thioether (sulfide) groups is 1. The largest absolute Gasteiger partial charge is 0.490 e. The van der Waals surface area contributed by atoms with Gasteiger partial charge in [-0.15, -0.1) is 0 Å². The number of amides is 4. The van der Waals surface area contributed by atoms with Gasteiger partial charge in [-0.3, -0.25) is 9.59 Å². The Hall–Kier alpha value is -1.92. The minimum absolute atomic E-state index is 0.0307. The van der Waals surface area contributed by atoms with Gasteiger partial charge < -0.3 is 32.1 Å². The van der Waals surface area contributed by atoms with Crippen molar-refractivity contribution in [2.45, 2.75) is 74.5 Å². The number of carbonyl (C=O) groups is 4. The van der Waals surface area contributed by atoms with Gasteiger partial charge >= 0.3 is 18.2 Å². The van der Waals surface area contributed by atoms with E-state index in [2.05, 4.69) is 21.3 Å². The second kappa shape index (κ2) is 17.0. The van der Waals surface area contributed by atoms with Crippen molar-refractivity contribution in [3.05, 3.63) is 0 Å². The standard InChI is InChI=1S/C19H35N5O5S3.C2HF3O2/c1-32(28,29)31-11-10-22-18(26)13(20)6-4-5-9-21-16(25)8-3-2-7-15-17-14(12-30-15)23-19(27)24-17;3-2(4,5)1(6)7/h13-15,17H,2-12,20H2,1H3,(H,21,25)(H,22,26)(H2,23,24,27);(H,6,7)/t13-,14-,15-,17-;/m0./s1. The van der Waals surface area contributed by atoms with E-state index >= 15 is 0 Å². The summed E-state index contributed by atoms with van der Waals surface area (Å²) < 4.78 is 53.8. The molecule has 2 saturated heterocycles. The van der Waals surface area contributed by atoms with Crippen LogP contribution in [0, 0.1) is 0 Å². The fourth-order valence-electron chi connectivity index (χ4n) is 3.71. The first-order chi connectivity index (χ1) is 18.1. The molecule has 2 aliphatic rings. The average molecular weight is 624 g/mol. The van der Waals surface area contributed by atoms with Crippen molar-refractivity contribution >= 4 is 55.2 Å². The van der Waals surface area contributed by atoms with Gasteiger partial charge in [-0.05, 0) is 42.9 Å². The molecule has 39 heavy (non-hydrogen) atoms. The van der Waals surface area contributed by atoms with Crippen LogP contribution in [0.2, 0.25) is 0 Å². The topological polar surface area (TPSA) is 197 Å². The number of nitrogens with one attached hydrogen (secondary N) is 4. The maximum absolute atomic E-state index is 12.0. The molecule has 0 unspecified atom stereocenters. The molecule has 0 bridgehead atoms. The van der Waals surface area contributed by atoms with E-state index in [1.165, 1.54) is 0 Å². The smallest absolute Gasteiger partial charge is 0.475 e. The zero-order valence-electron chi connectivity index (χ0n) is 21.4. The van der Waals surface area contributed by atoms with E-state index in [4.69, 9.17) is 15.6 Å². The van der Waals surface area contributed by atoms with Crippen LogP contribution in [0.4, 0.5) is 18.0 Å². The lowest BCUT2D eigenvalue weighted by Crippen LogP contribution is -2.41. The molecule has 0 aromatic heterocycles. The Balaban J connectivity index is 0.000000956. The highest BCUT2D eigenvalue weighted by molar-refractivity contribution is 8.71. The fraction of sp³-hybridized carbons (Fsp3) is 0.810. The lowest BCUT2D eigenvalue weighted by atomic mass is 10.0. The van der Waals surface area contributed by atoms with Crippen LogP contribution in [-0.2, 0) is 23.3 Å². The predicted molar refractivity (Wildman–Crippen MR) is 143 cm³/mol. The van der Waals surface area contributed by atoms with Crippen molar-refractivity contribution in [3.63, 3.8) is 0 Å². The zero-order chi connectivity index (χ0) is 29.6. The van der Waals surface area contributed by atoms with Gasteiger partial charge in [0.15, 0.2) is 8.87 Å². The summed E-state index contributed by atoms with van der Waals surface area (Å²) in [7, 11) is -2.31. The van der Waals surface area contributed by atoms with Crippen LogP contribution in [0.15, 0.2) is 0 Å². The number of rotatable bonds is 15. The van der Waals surface area contributed by atoms with Crippen LogP contribution in [-0.4, -0.2) is 97.7 Å². The molecular formula is C21H36F3N5O7S3. The van der Waals surface area contributed by atoms with E-state index in [0.717, 1.165) is 48.5 Å². The Bertz CT molecular complexity index is 941. The van der Waals surface area contributed by atoms with E-state index < -0.39 is 27.1 Å². The number of aliphatic carboxylic acids is 1. The Morgan fingerprint density at radius 3 is 2.44 bits per heavy atom. The maximum atomic E-state index is 12.0. The number of halogens is 3. The monoisotopic (exact) mass is 623 g/mol. The van der Waals surface area contributed by atoms with Crippen LogP contribution < -0.4 is 27.0 Å². The van der Waals surface area contributed by atoms with Crippen molar-refractivity contribution in [2.75, 3.05) is 30.9 Å². The minimum atomic E-state index is -5.08. The summed E-state index contributed by atoms with van der Waals surface area (Å²) in [5.41, 5.74) is 5.85. The van der Waals surface area contributed by atoms with Gasteiger partial charge in [-0.2, -0.15) is 24.9 Å². The number of fused-ring (bicyclic) bond motifs is 1. The predicted octanol–water partition coefficient (Wildman–Crippen LogP) is 0.768. The second-order valence-corrected chi connectivity index (χ2v) is 14.8. The summed E-state index contributed by atoms with van der Waals surface area (Å²) >= 11 is 1.88. The number of nitrogens with two attached hydrogens (primary N) is 1. The van der Waals surface area contributed by atoms with Crippen molar-refractivity contribution in [2.24, 2.45) is 5.73 Å². The molecule has 7 N–H and O–H groups in total. The SMILES string of the molecule is CS(=O)(=O)SCCNC(=O)[C@@H](N)CCCCNC(=O)CCCC[C@@H]1SC[C@@H]2NC(=O)N[C@@H]21.O=C(O)C(F)(F)F. The number of carboxylic acid groups (broad SMARTS) is 1. The fourth-order valence-corrected chi connectivity index (χ4v) is 6.90. The van der Waals surface area contributed by atoms with E-state index in [1.807, 2.05) is 11.8 Å². The van der Waals surface area contributed by atoms with Crippen molar-refractivity contribution < 1.29 is 45.9 Å². The number of hydrogen-bond acceptors (Lipinski definition) is 9. The highest BCUT2D eigenvalue weighted by atomic mass is 33.1. The number of carboxylic acids is 1. The van der Waals surface area contributed by atoms with Gasteiger partial charge in [0.2, 0.25) is 11.8 Å². The van der Waals surface area contributed by atoms with Gasteiger partial charge in [0.05, 0.1) is 18.1 Å². The van der Waals surface area contributed by atoms with Crippen LogP contribution >= 0.6 is 22.6 Å². The van der Waals surface area contributed by atoms with Gasteiger partial charge in [-0.1, -0.05) is 6.42 Å². The molecule has 226 valence electrons. The molecule has 0 saturated carbocycles. The summed E-state index contributed by atoms with van der Waals surface area (Å²) in [5.74, 6) is -1.78. The van der Waals surface area contributed by atoms with E-state index in [0.29, 0.717) is 31.1 Å². The van der Waals surface area contributed by atoms with Gasteiger partial charge in [0.25, 0.3) is 0 Å². The molecule has 0 radical (unpaired) electrons. The molecule has 0 spiro atoms. The van der Waals surface area contributed by atoms with Gasteiger partial charge in [0, 0.05) is 42.5 Å². The molecule has 18 heteroatoms. The Morgan fingerprint density at radius 2 is 1.82 bits per heavy atom. The number of alkyl halides is 3. The lowest BCUT2D eigenvalue weighted by Gasteiger charge is -2.16. The van der Waals surface area contributed by atoms with E-state index in [-0.39, 0.29) is 42.2 Å². The molecule has 2 aliphatic heterocycles. The Labute approximate surface area is 233 Å². The maximum Gasteiger partial charge on any atom is 0.490 e. The molecule has 2 rings (SSSR count). The third-order valence-electron chi connectivity index (χ3n) is 5.62. The van der Waals surface area contributed by atoms with Crippen molar-refractivity contribution in [1.82, 2.24) is 21.3 Å². The summed E-state index contributed by atoms with van der Waals surface area (Å²) in [6.07, 6.45) is 1.27. The van der Waals surface area contributed by atoms with Crippen LogP contribution in [0.5, 0.6) is 0 Å². The molecule has 0 aromatic rings. The highest BCUT2D eigenvalue weighted by Crippen LogP contribution is 2.33. The molecule has 2 fully saturated rings. The summed E-state index contributed by atoms with van der Waals surface area (Å²) in [6, 6.07) is -0.267. The molecule has 4 atom stereocenters. The first-order valence-electron chi connectivity index (χ1n) is 12.2. The lowest BCUT2D eigenvalue weighted by molar-refractivity contribution is -0.192. The number of urea groups is 1. The molecule has 0 aliphatic carbocycles. The molecule has 4 amide bonds. The molecule has 12 nitrogen and oxygen atoms in total. The molecule has 2 heterocycles. The third-order valence-corrected chi connectivity index (χ3v) is 9.71. The van der Waals surface area contributed by atoms with Gasteiger partial charge in [0.1, 0.15) is 0 Å². The Morgan fingerprint density at radius 1 is 1.15 bits per heavy atom. The number of unbranched alkanes of at least 4 members (excludes halogenated alkanes) is 2. The van der Waals surface area contributed by atoms with E-state index in [1.54, 1.807) is 0 Å². The summed E-state index contributed by atoms with van der Waals surface area (Å²) in [5, 5.41) is 19.0.